The van der Waals surface area contributed by atoms with Gasteiger partial charge in [-0.15, -0.1) is 11.8 Å². The summed E-state index contributed by atoms with van der Waals surface area (Å²) in [6, 6.07) is 17.5. The number of ether oxygens (including phenoxy) is 1. The molecule has 0 atom stereocenters. The molecule has 0 amide bonds. The summed E-state index contributed by atoms with van der Waals surface area (Å²) in [4.78, 5) is 15.9. The Morgan fingerprint density at radius 2 is 1.80 bits per heavy atom. The van der Waals surface area contributed by atoms with Crippen LogP contribution in [0.1, 0.15) is 11.1 Å². The minimum Gasteiger partial charge on any atom is -0.497 e. The van der Waals surface area contributed by atoms with E-state index in [1.807, 2.05) is 30.3 Å². The van der Waals surface area contributed by atoms with Crippen LogP contribution in [-0.4, -0.2) is 29.7 Å². The Morgan fingerprint density at radius 3 is 2.49 bits per heavy atom. The summed E-state index contributed by atoms with van der Waals surface area (Å²) in [5, 5.41) is 15.6. The van der Waals surface area contributed by atoms with Crippen molar-refractivity contribution in [3.8, 4) is 5.75 Å². The number of thioether (sulfide) groups is 1. The van der Waals surface area contributed by atoms with Crippen molar-refractivity contribution >= 4 is 40.0 Å². The van der Waals surface area contributed by atoms with Crippen LogP contribution in [0.2, 0.25) is 0 Å². The lowest BCUT2D eigenvalue weighted by Gasteiger charge is -2.17. The van der Waals surface area contributed by atoms with Crippen LogP contribution in [0, 0.1) is 11.6 Å². The summed E-state index contributed by atoms with van der Waals surface area (Å²) < 4.78 is 35.0. The van der Waals surface area contributed by atoms with E-state index in [4.69, 9.17) is 9.84 Å². The fourth-order valence-corrected chi connectivity index (χ4v) is 4.44. The van der Waals surface area contributed by atoms with Gasteiger partial charge in [-0.1, -0.05) is 30.3 Å². The van der Waals surface area contributed by atoms with E-state index in [1.54, 1.807) is 18.2 Å². The van der Waals surface area contributed by atoms with Crippen LogP contribution in [-0.2, 0) is 17.1 Å². The number of nitrogens with one attached hydrogen (secondary N) is 2. The van der Waals surface area contributed by atoms with Crippen molar-refractivity contribution in [2.45, 2.75) is 17.2 Å². The first-order chi connectivity index (χ1) is 16.9. The van der Waals surface area contributed by atoms with Gasteiger partial charge >= 0.3 is 5.97 Å². The lowest BCUT2D eigenvalue weighted by atomic mass is 10.1. The number of halogens is 2. The Hall–Kier alpha value is -3.85. The lowest BCUT2D eigenvalue weighted by Crippen LogP contribution is -2.15. The molecule has 0 aliphatic carbocycles. The molecule has 1 heterocycles. The third kappa shape index (κ3) is 5.99. The minimum atomic E-state index is -1.05. The van der Waals surface area contributed by atoms with Crippen molar-refractivity contribution in [3.05, 3.63) is 89.6 Å². The Balaban J connectivity index is 1.57. The van der Waals surface area contributed by atoms with Crippen LogP contribution in [0.4, 0.5) is 20.2 Å². The molecule has 4 rings (SSSR count). The number of anilines is 2. The molecule has 4 aromatic rings. The Kier molecular flexibility index (Phi) is 7.67. The summed E-state index contributed by atoms with van der Waals surface area (Å²) in [6.07, 6.45) is 1.48. The second-order valence-corrected chi connectivity index (χ2v) is 8.72. The van der Waals surface area contributed by atoms with Gasteiger partial charge in [-0.2, -0.15) is 0 Å². The van der Waals surface area contributed by atoms with E-state index in [0.29, 0.717) is 38.7 Å². The average Bonchev–Trinajstić information content (AvgIpc) is 2.86. The van der Waals surface area contributed by atoms with E-state index in [9.17, 15) is 13.6 Å². The maximum absolute atomic E-state index is 14.9. The fraction of sp³-hybridized carbons (Fsp3) is 0.154. The minimum absolute atomic E-state index is 0.114. The van der Waals surface area contributed by atoms with Crippen LogP contribution in [0.25, 0.3) is 10.9 Å². The summed E-state index contributed by atoms with van der Waals surface area (Å²) in [5.41, 5.74) is 2.42. The number of aromatic nitrogens is 1. The molecule has 0 saturated heterocycles. The van der Waals surface area contributed by atoms with Gasteiger partial charge < -0.3 is 20.5 Å². The lowest BCUT2D eigenvalue weighted by molar-refractivity contribution is -0.134. The molecule has 180 valence electrons. The summed E-state index contributed by atoms with van der Waals surface area (Å²) in [5.74, 6) is -1.17. The number of carboxylic acid groups (broad SMARTS) is 1. The molecule has 3 aromatic carbocycles. The highest BCUT2D eigenvalue weighted by molar-refractivity contribution is 7.98. The van der Waals surface area contributed by atoms with Crippen LogP contribution in [0.15, 0.2) is 71.8 Å². The van der Waals surface area contributed by atoms with Crippen LogP contribution in [0.3, 0.4) is 0 Å². The van der Waals surface area contributed by atoms with Gasteiger partial charge in [0.2, 0.25) is 0 Å². The number of hydrogen-bond donors (Lipinski definition) is 3. The van der Waals surface area contributed by atoms with Crippen molar-refractivity contribution < 1.29 is 23.4 Å². The first kappa shape index (κ1) is 24.3. The average molecular weight is 496 g/mol. The zero-order valence-corrected chi connectivity index (χ0v) is 19.7. The molecule has 0 aliphatic rings. The van der Waals surface area contributed by atoms with Gasteiger partial charge in [-0.3, -0.25) is 9.78 Å². The fourth-order valence-electron chi connectivity index (χ4n) is 3.55. The highest BCUT2D eigenvalue weighted by atomic mass is 32.2. The number of carbonyl (C=O) groups is 1. The molecule has 0 spiro atoms. The second-order valence-electron chi connectivity index (χ2n) is 7.67. The maximum atomic E-state index is 14.9. The van der Waals surface area contributed by atoms with Gasteiger partial charge in [-0.25, -0.2) is 8.78 Å². The van der Waals surface area contributed by atoms with Crippen molar-refractivity contribution in [2.75, 3.05) is 24.3 Å². The van der Waals surface area contributed by atoms with E-state index in [-0.39, 0.29) is 18.7 Å². The van der Waals surface area contributed by atoms with E-state index in [2.05, 4.69) is 15.6 Å². The van der Waals surface area contributed by atoms with Gasteiger partial charge in [0.1, 0.15) is 23.9 Å². The molecule has 6 nitrogen and oxygen atoms in total. The third-order valence-electron chi connectivity index (χ3n) is 5.31. The Morgan fingerprint density at radius 1 is 1.06 bits per heavy atom. The SMILES string of the molecule is COc1ccc2c(NCc3c(F)cc(SCc4ccccc4)cc3F)c(NCC(=O)O)cnc2c1. The van der Waals surface area contributed by atoms with Crippen molar-refractivity contribution in [2.24, 2.45) is 0 Å². The van der Waals surface area contributed by atoms with Gasteiger partial charge in [0.15, 0.2) is 0 Å². The van der Waals surface area contributed by atoms with Gasteiger partial charge in [0.05, 0.1) is 30.2 Å². The summed E-state index contributed by atoms with van der Waals surface area (Å²) >= 11 is 1.36. The Labute approximate surface area is 205 Å². The first-order valence-corrected chi connectivity index (χ1v) is 11.7. The summed E-state index contributed by atoms with van der Waals surface area (Å²) in [6.45, 7) is -0.484. The van der Waals surface area contributed by atoms with Crippen molar-refractivity contribution in [3.63, 3.8) is 0 Å². The van der Waals surface area contributed by atoms with Gasteiger partial charge in [0, 0.05) is 34.2 Å². The monoisotopic (exact) mass is 495 g/mol. The molecule has 35 heavy (non-hydrogen) atoms. The molecular formula is C26H23F2N3O3S. The van der Waals surface area contributed by atoms with Crippen molar-refractivity contribution in [1.29, 1.82) is 0 Å². The Bertz CT molecular complexity index is 1330. The number of nitrogens with zero attached hydrogens (tertiary/aromatic N) is 1. The number of fused-ring (bicyclic) bond motifs is 1. The molecule has 0 bridgehead atoms. The molecule has 1 aromatic heterocycles. The van der Waals surface area contributed by atoms with Gasteiger partial charge in [0.25, 0.3) is 0 Å². The molecule has 0 aliphatic heterocycles. The number of carboxylic acids is 1. The molecule has 0 saturated carbocycles. The smallest absolute Gasteiger partial charge is 0.322 e. The van der Waals surface area contributed by atoms with Crippen LogP contribution in [0.5, 0.6) is 5.75 Å². The number of hydrogen-bond acceptors (Lipinski definition) is 6. The summed E-state index contributed by atoms with van der Waals surface area (Å²) in [7, 11) is 1.54. The number of pyridine rings is 1. The third-order valence-corrected chi connectivity index (χ3v) is 6.36. The number of benzene rings is 3. The molecule has 3 N–H and O–H groups in total. The van der Waals surface area contributed by atoms with E-state index >= 15 is 0 Å². The number of rotatable bonds is 10. The molecule has 0 unspecified atom stereocenters. The zero-order valence-electron chi connectivity index (χ0n) is 18.8. The van der Waals surface area contributed by atoms with E-state index in [0.717, 1.165) is 5.56 Å². The van der Waals surface area contributed by atoms with Crippen LogP contribution >= 0.6 is 11.8 Å². The predicted molar refractivity (Wildman–Crippen MR) is 134 cm³/mol. The molecule has 0 fully saturated rings. The highest BCUT2D eigenvalue weighted by Gasteiger charge is 2.15. The maximum Gasteiger partial charge on any atom is 0.322 e. The zero-order chi connectivity index (χ0) is 24.8. The molecular weight excluding hydrogens is 472 g/mol. The quantitative estimate of drug-likeness (QED) is 0.236. The standard InChI is InChI=1S/C26H23F2N3O3S/c1-34-17-7-8-19-23(9-17)29-13-24(30-14-25(32)33)26(19)31-12-20-21(27)10-18(11-22(20)28)35-15-16-5-3-2-4-6-16/h2-11,13,30H,12,14-15H2,1H3,(H,29,31)(H,32,33). The second kappa shape index (κ2) is 11.1. The topological polar surface area (TPSA) is 83.5 Å². The largest absolute Gasteiger partial charge is 0.497 e. The normalized spacial score (nSPS) is 10.8. The predicted octanol–water partition coefficient (Wildman–Crippen LogP) is 5.92. The van der Waals surface area contributed by atoms with Gasteiger partial charge in [-0.05, 0) is 29.8 Å². The number of aliphatic carboxylic acids is 1. The van der Waals surface area contributed by atoms with E-state index in [1.165, 1.54) is 37.2 Å². The van der Waals surface area contributed by atoms with Crippen LogP contribution < -0.4 is 15.4 Å². The highest BCUT2D eigenvalue weighted by Crippen LogP contribution is 2.33. The van der Waals surface area contributed by atoms with Crippen molar-refractivity contribution in [1.82, 2.24) is 4.98 Å². The number of methoxy groups -OCH3 is 1. The molecule has 9 heteroatoms. The van der Waals surface area contributed by atoms with E-state index < -0.39 is 17.6 Å². The first-order valence-electron chi connectivity index (χ1n) is 10.8. The molecule has 0 radical (unpaired) electrons.